The number of urea groups is 1. The highest BCUT2D eigenvalue weighted by molar-refractivity contribution is 6.21. The predicted molar refractivity (Wildman–Crippen MR) is 70.5 cm³/mol. The molecule has 5 nitrogen and oxygen atoms in total. The summed E-state index contributed by atoms with van der Waals surface area (Å²) < 4.78 is 0. The summed E-state index contributed by atoms with van der Waals surface area (Å²) in [6.45, 7) is 2.04. The number of nitriles is 1. The molecule has 1 N–H and O–H groups in total. The summed E-state index contributed by atoms with van der Waals surface area (Å²) in [6, 6.07) is 7.63. The number of imide groups is 1. The van der Waals surface area contributed by atoms with E-state index in [1.54, 1.807) is 24.3 Å². The van der Waals surface area contributed by atoms with E-state index >= 15 is 0 Å². The molecule has 1 fully saturated rings. The van der Waals surface area contributed by atoms with E-state index in [0.717, 1.165) is 17.7 Å². The van der Waals surface area contributed by atoms with Gasteiger partial charge in [-0.05, 0) is 24.6 Å². The highest BCUT2D eigenvalue weighted by Gasteiger charge is 2.38. The van der Waals surface area contributed by atoms with Gasteiger partial charge in [0.1, 0.15) is 6.04 Å². The van der Waals surface area contributed by atoms with Crippen molar-refractivity contribution in [2.45, 2.75) is 32.2 Å². The molecule has 0 spiro atoms. The Morgan fingerprint density at radius 2 is 2.21 bits per heavy atom. The van der Waals surface area contributed by atoms with Crippen molar-refractivity contribution in [2.75, 3.05) is 4.90 Å². The van der Waals surface area contributed by atoms with Crippen LogP contribution in [0.1, 0.15) is 31.7 Å². The molecule has 1 aromatic rings. The number of carbonyl (C=O) groups is 2. The van der Waals surface area contributed by atoms with E-state index in [2.05, 4.69) is 5.32 Å². The Kier molecular flexibility index (Phi) is 3.81. The van der Waals surface area contributed by atoms with Gasteiger partial charge < -0.3 is 5.32 Å². The lowest BCUT2D eigenvalue weighted by Gasteiger charge is -2.13. The summed E-state index contributed by atoms with van der Waals surface area (Å²) in [5, 5.41) is 11.5. The number of anilines is 1. The molecule has 1 atom stereocenters. The summed E-state index contributed by atoms with van der Waals surface area (Å²) in [5.74, 6) is -0.242. The van der Waals surface area contributed by atoms with E-state index in [1.165, 1.54) is 0 Å². The second-order valence-corrected chi connectivity index (χ2v) is 4.48. The van der Waals surface area contributed by atoms with Gasteiger partial charge in [0, 0.05) is 0 Å². The van der Waals surface area contributed by atoms with E-state index in [-0.39, 0.29) is 5.91 Å². The molecule has 3 amide bonds. The summed E-state index contributed by atoms with van der Waals surface area (Å²) >= 11 is 0. The maximum Gasteiger partial charge on any atom is 0.329 e. The molecule has 2 rings (SSSR count). The molecule has 1 aliphatic heterocycles. The first-order chi connectivity index (χ1) is 9.17. The Morgan fingerprint density at radius 3 is 2.89 bits per heavy atom. The standard InChI is InChI=1S/C14H15N3O2/c1-2-3-7-12-13(18)17(14(19)16-12)11-6-4-5-10(8-11)9-15/h4-6,8,12H,2-3,7H2,1H3,(H,16,19). The second-order valence-electron chi connectivity index (χ2n) is 4.48. The number of unbranched alkanes of at least 4 members (excludes halogenated alkanes) is 1. The Hall–Kier alpha value is -2.35. The summed E-state index contributed by atoms with van der Waals surface area (Å²) in [5.41, 5.74) is 0.871. The number of hydrogen-bond acceptors (Lipinski definition) is 3. The lowest BCUT2D eigenvalue weighted by molar-refractivity contribution is -0.118. The Bertz CT molecular complexity index is 548. The van der Waals surface area contributed by atoms with E-state index in [9.17, 15) is 9.59 Å². The average molecular weight is 257 g/mol. The number of rotatable bonds is 4. The van der Waals surface area contributed by atoms with Gasteiger partial charge in [-0.3, -0.25) is 4.79 Å². The van der Waals surface area contributed by atoms with Crippen LogP contribution in [0.25, 0.3) is 0 Å². The second kappa shape index (κ2) is 5.53. The number of benzene rings is 1. The van der Waals surface area contributed by atoms with Crippen LogP contribution in [0.2, 0.25) is 0 Å². The molecule has 0 aromatic heterocycles. The number of hydrogen-bond donors (Lipinski definition) is 1. The lowest BCUT2D eigenvalue weighted by atomic mass is 10.1. The number of amides is 3. The van der Waals surface area contributed by atoms with Gasteiger partial charge in [0.25, 0.3) is 5.91 Å². The predicted octanol–water partition coefficient (Wildman–Crippen LogP) is 2.17. The first-order valence-electron chi connectivity index (χ1n) is 6.32. The molecule has 0 radical (unpaired) electrons. The van der Waals surface area contributed by atoms with Crippen LogP contribution >= 0.6 is 0 Å². The van der Waals surface area contributed by atoms with Crippen LogP contribution in [0.5, 0.6) is 0 Å². The third-order valence-electron chi connectivity index (χ3n) is 3.10. The van der Waals surface area contributed by atoms with Gasteiger partial charge >= 0.3 is 6.03 Å². The Labute approximate surface area is 111 Å². The van der Waals surface area contributed by atoms with Crippen LogP contribution < -0.4 is 10.2 Å². The molecule has 1 aromatic carbocycles. The highest BCUT2D eigenvalue weighted by atomic mass is 16.2. The van der Waals surface area contributed by atoms with E-state index in [0.29, 0.717) is 17.7 Å². The van der Waals surface area contributed by atoms with Gasteiger partial charge in [-0.25, -0.2) is 9.69 Å². The molecule has 1 saturated heterocycles. The van der Waals surface area contributed by atoms with E-state index < -0.39 is 12.1 Å². The highest BCUT2D eigenvalue weighted by Crippen LogP contribution is 2.22. The minimum Gasteiger partial charge on any atom is -0.325 e. The van der Waals surface area contributed by atoms with Crippen molar-refractivity contribution >= 4 is 17.6 Å². The lowest BCUT2D eigenvalue weighted by Crippen LogP contribution is -2.31. The van der Waals surface area contributed by atoms with Gasteiger partial charge in [0.2, 0.25) is 0 Å². The fraction of sp³-hybridized carbons (Fsp3) is 0.357. The third-order valence-corrected chi connectivity index (χ3v) is 3.10. The van der Waals surface area contributed by atoms with Crippen LogP contribution in [0.3, 0.4) is 0 Å². The quantitative estimate of drug-likeness (QED) is 0.840. The van der Waals surface area contributed by atoms with Crippen molar-refractivity contribution in [3.63, 3.8) is 0 Å². The molecule has 1 aliphatic rings. The van der Waals surface area contributed by atoms with Crippen LogP contribution in [0.15, 0.2) is 24.3 Å². The normalized spacial score (nSPS) is 18.3. The monoisotopic (exact) mass is 257 g/mol. The third kappa shape index (κ3) is 2.58. The van der Waals surface area contributed by atoms with Gasteiger partial charge in [0.15, 0.2) is 0 Å². The molecule has 5 heteroatoms. The van der Waals surface area contributed by atoms with E-state index in [1.807, 2.05) is 13.0 Å². The molecule has 19 heavy (non-hydrogen) atoms. The minimum atomic E-state index is -0.446. The first-order valence-corrected chi connectivity index (χ1v) is 6.32. The van der Waals surface area contributed by atoms with Crippen molar-refractivity contribution in [3.8, 4) is 6.07 Å². The SMILES string of the molecule is CCCCC1NC(=O)N(c2cccc(C#N)c2)C1=O. The van der Waals surface area contributed by atoms with Crippen LogP contribution in [-0.4, -0.2) is 18.0 Å². The fourth-order valence-electron chi connectivity index (χ4n) is 2.09. The summed E-state index contributed by atoms with van der Waals surface area (Å²) in [4.78, 5) is 25.2. The van der Waals surface area contributed by atoms with Crippen molar-refractivity contribution in [3.05, 3.63) is 29.8 Å². The van der Waals surface area contributed by atoms with E-state index in [4.69, 9.17) is 5.26 Å². The van der Waals surface area contributed by atoms with Crippen molar-refractivity contribution in [1.29, 1.82) is 5.26 Å². The zero-order chi connectivity index (χ0) is 13.8. The van der Waals surface area contributed by atoms with Gasteiger partial charge in [0.05, 0.1) is 17.3 Å². The fourth-order valence-corrected chi connectivity index (χ4v) is 2.09. The molecule has 1 unspecified atom stereocenters. The smallest absolute Gasteiger partial charge is 0.325 e. The van der Waals surface area contributed by atoms with Crippen LogP contribution in [-0.2, 0) is 4.79 Å². The Balaban J connectivity index is 2.22. The molecular formula is C14H15N3O2. The topological polar surface area (TPSA) is 73.2 Å². The molecule has 98 valence electrons. The number of nitrogens with zero attached hydrogens (tertiary/aromatic N) is 2. The zero-order valence-corrected chi connectivity index (χ0v) is 10.7. The van der Waals surface area contributed by atoms with Gasteiger partial charge in [-0.1, -0.05) is 25.8 Å². The Morgan fingerprint density at radius 1 is 1.42 bits per heavy atom. The maximum atomic E-state index is 12.2. The molecular weight excluding hydrogens is 242 g/mol. The first kappa shape index (κ1) is 13.1. The van der Waals surface area contributed by atoms with Crippen LogP contribution in [0.4, 0.5) is 10.5 Å². The van der Waals surface area contributed by atoms with Gasteiger partial charge in [-0.2, -0.15) is 5.26 Å². The van der Waals surface area contributed by atoms with Crippen molar-refractivity contribution in [1.82, 2.24) is 5.32 Å². The maximum absolute atomic E-state index is 12.2. The summed E-state index contributed by atoms with van der Waals surface area (Å²) in [7, 11) is 0. The molecule has 0 saturated carbocycles. The van der Waals surface area contributed by atoms with Crippen molar-refractivity contribution in [2.24, 2.45) is 0 Å². The molecule has 0 aliphatic carbocycles. The van der Waals surface area contributed by atoms with Crippen LogP contribution in [0, 0.1) is 11.3 Å². The number of nitrogens with one attached hydrogen (secondary N) is 1. The van der Waals surface area contributed by atoms with Gasteiger partial charge in [-0.15, -0.1) is 0 Å². The minimum absolute atomic E-state index is 0.242. The number of carbonyl (C=O) groups excluding carboxylic acids is 2. The average Bonchev–Trinajstić information content (AvgIpc) is 2.71. The molecule has 1 heterocycles. The largest absolute Gasteiger partial charge is 0.329 e. The van der Waals surface area contributed by atoms with Crippen molar-refractivity contribution < 1.29 is 9.59 Å². The molecule has 0 bridgehead atoms. The summed E-state index contributed by atoms with van der Waals surface area (Å²) in [6.07, 6.45) is 2.52. The zero-order valence-electron chi connectivity index (χ0n) is 10.7.